The van der Waals surface area contributed by atoms with Crippen LogP contribution in [0.2, 0.25) is 0 Å². The molecule has 5 aliphatic rings. The predicted octanol–water partition coefficient (Wildman–Crippen LogP) is -0.431. The third-order valence-corrected chi connectivity index (χ3v) is 8.18. The van der Waals surface area contributed by atoms with Crippen LogP contribution in [0.4, 0.5) is 0 Å². The highest BCUT2D eigenvalue weighted by Crippen LogP contribution is 2.57. The maximum Gasteiger partial charge on any atom is 0.234 e. The maximum atomic E-state index is 13.0. The molecule has 5 rings (SSSR count). The number of fused-ring (bicyclic) bond motifs is 3. The lowest BCUT2D eigenvalue weighted by Gasteiger charge is -2.51. The van der Waals surface area contributed by atoms with E-state index in [9.17, 15) is 28.8 Å². The van der Waals surface area contributed by atoms with Crippen LogP contribution in [0, 0.1) is 22.7 Å². The quantitative estimate of drug-likeness (QED) is 0.532. The van der Waals surface area contributed by atoms with Crippen LogP contribution in [0.5, 0.6) is 0 Å². The van der Waals surface area contributed by atoms with Gasteiger partial charge in [0.25, 0.3) is 0 Å². The van der Waals surface area contributed by atoms with Crippen molar-refractivity contribution in [1.29, 1.82) is 0 Å². The minimum absolute atomic E-state index is 0.0980. The molecule has 2 saturated heterocycles. The lowest BCUT2D eigenvalue weighted by atomic mass is 9.53. The monoisotopic (exact) mass is 446 g/mol. The van der Waals surface area contributed by atoms with Gasteiger partial charge in [0.1, 0.15) is 0 Å². The van der Waals surface area contributed by atoms with Gasteiger partial charge in [0, 0.05) is 50.9 Å². The molecule has 2 aliphatic heterocycles. The number of amides is 6. The molecular formula is C22H30N4O6. The molecule has 3 saturated carbocycles. The van der Waals surface area contributed by atoms with Gasteiger partial charge in [-0.3, -0.25) is 38.6 Å². The van der Waals surface area contributed by atoms with Crippen LogP contribution in [-0.4, -0.2) is 72.4 Å². The van der Waals surface area contributed by atoms with Crippen LogP contribution in [0.3, 0.4) is 0 Å². The Morgan fingerprint density at radius 1 is 0.719 bits per heavy atom. The summed E-state index contributed by atoms with van der Waals surface area (Å²) in [5, 5.41) is 5.77. The second-order valence-corrected chi connectivity index (χ2v) is 9.86. The van der Waals surface area contributed by atoms with Crippen molar-refractivity contribution in [3.63, 3.8) is 0 Å². The fraction of sp³-hybridized carbons (Fsp3) is 0.727. The third-order valence-electron chi connectivity index (χ3n) is 8.18. The average Bonchev–Trinajstić information content (AvgIpc) is 3.20. The summed E-state index contributed by atoms with van der Waals surface area (Å²) >= 11 is 0. The summed E-state index contributed by atoms with van der Waals surface area (Å²) in [7, 11) is 2.91. The fourth-order valence-electron chi connectivity index (χ4n) is 5.66. The summed E-state index contributed by atoms with van der Waals surface area (Å²) in [5.74, 6) is -2.18. The first-order chi connectivity index (χ1) is 15.1. The van der Waals surface area contributed by atoms with Gasteiger partial charge in [0.05, 0.1) is 11.8 Å². The highest BCUT2D eigenvalue weighted by molar-refractivity contribution is 6.04. The molecule has 0 spiro atoms. The van der Waals surface area contributed by atoms with Crippen LogP contribution in [-0.2, 0) is 28.8 Å². The number of nitrogens with zero attached hydrogens (tertiary/aromatic N) is 2. The van der Waals surface area contributed by atoms with E-state index in [0.29, 0.717) is 38.5 Å². The molecule has 0 aromatic rings. The highest BCUT2D eigenvalue weighted by atomic mass is 16.2. The standard InChI is InChI=1S/C22H30N4O6/c1-25-15(27)9-13(17(25)29)11-23-19(31)21-3-6-22(7-4-21,8-5-21)20(32)24-12-14-10-16(28)26(2)18(14)30/h13-14H,3-12H2,1-2H3,(H,23,31)(H,24,32). The van der Waals surface area contributed by atoms with Crippen molar-refractivity contribution >= 4 is 35.4 Å². The van der Waals surface area contributed by atoms with Crippen LogP contribution >= 0.6 is 0 Å². The van der Waals surface area contributed by atoms with Crippen molar-refractivity contribution in [2.45, 2.75) is 51.4 Å². The molecule has 2 N–H and O–H groups in total. The summed E-state index contributed by atoms with van der Waals surface area (Å²) in [6.45, 7) is 0.313. The maximum absolute atomic E-state index is 13.0. The molecule has 10 nitrogen and oxygen atoms in total. The van der Waals surface area contributed by atoms with Gasteiger partial charge in [0.2, 0.25) is 35.4 Å². The van der Waals surface area contributed by atoms with Crippen LogP contribution in [0.15, 0.2) is 0 Å². The molecule has 0 aromatic heterocycles. The fourth-order valence-corrected chi connectivity index (χ4v) is 5.66. The molecule has 5 fully saturated rings. The van der Waals surface area contributed by atoms with Gasteiger partial charge in [0.15, 0.2) is 0 Å². The number of rotatable bonds is 6. The summed E-state index contributed by atoms with van der Waals surface area (Å²) in [5.41, 5.74) is -1.06. The Labute approximate surface area is 186 Å². The smallest absolute Gasteiger partial charge is 0.234 e. The van der Waals surface area contributed by atoms with Crippen LogP contribution in [0.1, 0.15) is 51.4 Å². The van der Waals surface area contributed by atoms with E-state index >= 15 is 0 Å². The molecule has 2 atom stereocenters. The molecule has 2 bridgehead atoms. The summed E-state index contributed by atoms with van der Waals surface area (Å²) in [6.07, 6.45) is 3.79. The molecular weight excluding hydrogens is 416 g/mol. The van der Waals surface area contributed by atoms with Gasteiger partial charge in [-0.2, -0.15) is 0 Å². The SMILES string of the molecule is CN1C(=O)CC(CNC(=O)C23CCC(C(=O)NCC4CC(=O)N(C)C4=O)(CC2)CC3)C1=O. The van der Waals surface area contributed by atoms with Crippen LogP contribution < -0.4 is 10.6 Å². The Morgan fingerprint density at radius 2 is 1.03 bits per heavy atom. The van der Waals surface area contributed by atoms with Gasteiger partial charge >= 0.3 is 0 Å². The van der Waals surface area contributed by atoms with E-state index in [1.165, 1.54) is 14.1 Å². The van der Waals surface area contributed by atoms with Gasteiger partial charge in [-0.1, -0.05) is 0 Å². The van der Waals surface area contributed by atoms with E-state index in [-0.39, 0.29) is 61.4 Å². The van der Waals surface area contributed by atoms with Gasteiger partial charge in [-0.15, -0.1) is 0 Å². The lowest BCUT2D eigenvalue weighted by molar-refractivity contribution is -0.151. The number of carbonyl (C=O) groups excluding carboxylic acids is 6. The normalized spacial score (nSPS) is 34.4. The summed E-state index contributed by atoms with van der Waals surface area (Å²) < 4.78 is 0. The second-order valence-electron chi connectivity index (χ2n) is 9.86. The second kappa shape index (κ2) is 7.97. The lowest BCUT2D eigenvalue weighted by Crippen LogP contribution is -2.55. The molecule has 2 unspecified atom stereocenters. The topological polar surface area (TPSA) is 133 Å². The zero-order chi connectivity index (χ0) is 23.3. The zero-order valence-electron chi connectivity index (χ0n) is 18.6. The molecule has 0 aromatic carbocycles. The van der Waals surface area contributed by atoms with Crippen molar-refractivity contribution in [2.24, 2.45) is 22.7 Å². The zero-order valence-corrected chi connectivity index (χ0v) is 18.6. The van der Waals surface area contributed by atoms with Crippen LogP contribution in [0.25, 0.3) is 0 Å². The van der Waals surface area contributed by atoms with E-state index < -0.39 is 22.7 Å². The average molecular weight is 447 g/mol. The molecule has 2 heterocycles. The summed E-state index contributed by atoms with van der Waals surface area (Å²) in [6, 6.07) is 0. The number of nitrogens with one attached hydrogen (secondary N) is 2. The number of carbonyl (C=O) groups is 6. The first-order valence-corrected chi connectivity index (χ1v) is 11.3. The number of imide groups is 2. The Morgan fingerprint density at radius 3 is 1.28 bits per heavy atom. The van der Waals surface area contributed by atoms with E-state index in [2.05, 4.69) is 10.6 Å². The number of likely N-dealkylation sites (tertiary alicyclic amines) is 2. The molecule has 3 aliphatic carbocycles. The van der Waals surface area contributed by atoms with Gasteiger partial charge < -0.3 is 10.6 Å². The minimum Gasteiger partial charge on any atom is -0.355 e. The number of hydrogen-bond donors (Lipinski definition) is 2. The van der Waals surface area contributed by atoms with Crippen molar-refractivity contribution in [3.8, 4) is 0 Å². The van der Waals surface area contributed by atoms with E-state index in [0.717, 1.165) is 9.80 Å². The molecule has 0 radical (unpaired) electrons. The largest absolute Gasteiger partial charge is 0.355 e. The van der Waals surface area contributed by atoms with E-state index in [4.69, 9.17) is 0 Å². The van der Waals surface area contributed by atoms with E-state index in [1.807, 2.05) is 0 Å². The highest BCUT2D eigenvalue weighted by Gasteiger charge is 2.55. The molecule has 174 valence electrons. The molecule has 6 amide bonds. The van der Waals surface area contributed by atoms with Gasteiger partial charge in [-0.05, 0) is 38.5 Å². The Bertz CT molecular complexity index is 802. The van der Waals surface area contributed by atoms with E-state index in [1.54, 1.807) is 0 Å². The Balaban J connectivity index is 1.29. The number of hydrogen-bond acceptors (Lipinski definition) is 6. The minimum atomic E-state index is -0.532. The molecule has 10 heteroatoms. The van der Waals surface area contributed by atoms with Crippen molar-refractivity contribution in [2.75, 3.05) is 27.2 Å². The summed E-state index contributed by atoms with van der Waals surface area (Å²) in [4.78, 5) is 75.6. The Hall–Kier alpha value is -2.78. The van der Waals surface area contributed by atoms with Crippen molar-refractivity contribution < 1.29 is 28.8 Å². The van der Waals surface area contributed by atoms with Crippen molar-refractivity contribution in [1.82, 2.24) is 20.4 Å². The van der Waals surface area contributed by atoms with Gasteiger partial charge in [-0.25, -0.2) is 0 Å². The predicted molar refractivity (Wildman–Crippen MR) is 110 cm³/mol. The third kappa shape index (κ3) is 3.59. The molecule has 32 heavy (non-hydrogen) atoms. The Kier molecular flexibility index (Phi) is 5.58. The van der Waals surface area contributed by atoms with Crippen molar-refractivity contribution in [3.05, 3.63) is 0 Å². The first-order valence-electron chi connectivity index (χ1n) is 11.3. The first kappa shape index (κ1) is 22.4.